The highest BCUT2D eigenvalue weighted by Crippen LogP contribution is 2.37. The van der Waals surface area contributed by atoms with Gasteiger partial charge in [0, 0.05) is 21.2 Å². The minimum atomic E-state index is -0.562. The van der Waals surface area contributed by atoms with Crippen LogP contribution in [-0.2, 0) is 9.59 Å². The average Bonchev–Trinajstić information content (AvgIpc) is 3.10. The topological polar surface area (TPSA) is 96.5 Å². The van der Waals surface area contributed by atoms with Crippen LogP contribution in [-0.4, -0.2) is 24.3 Å². The van der Waals surface area contributed by atoms with Gasteiger partial charge < -0.3 is 20.7 Å². The molecule has 5 aromatic carbocycles. The van der Waals surface area contributed by atoms with Gasteiger partial charge in [-0.15, -0.1) is 11.8 Å². The zero-order valence-corrected chi connectivity index (χ0v) is 27.1. The molecule has 0 radical (unpaired) electrons. The van der Waals surface area contributed by atoms with Crippen molar-refractivity contribution in [2.75, 3.05) is 17.2 Å². The molecule has 0 saturated heterocycles. The summed E-state index contributed by atoms with van der Waals surface area (Å²) in [6.07, 6.45) is 1.59. The summed E-state index contributed by atoms with van der Waals surface area (Å²) >= 11 is 7.42. The molecule has 0 aliphatic rings. The molecule has 5 aromatic rings. The van der Waals surface area contributed by atoms with Crippen LogP contribution in [0.25, 0.3) is 6.08 Å². The van der Waals surface area contributed by atoms with Crippen molar-refractivity contribution < 1.29 is 19.1 Å². The number of benzene rings is 5. The van der Waals surface area contributed by atoms with E-state index in [-0.39, 0.29) is 11.6 Å². The highest BCUT2D eigenvalue weighted by atomic mass is 35.5. The average molecular weight is 662 g/mol. The number of rotatable bonds is 12. The van der Waals surface area contributed by atoms with Crippen LogP contribution in [0.3, 0.4) is 0 Å². The molecule has 0 spiro atoms. The summed E-state index contributed by atoms with van der Waals surface area (Å²) in [4.78, 5) is 40.8. The molecule has 0 fully saturated rings. The van der Waals surface area contributed by atoms with Gasteiger partial charge in [0.05, 0.1) is 12.3 Å². The van der Waals surface area contributed by atoms with Crippen LogP contribution in [0, 0.1) is 0 Å². The Hall–Kier alpha value is -5.31. The first-order valence-corrected chi connectivity index (χ1v) is 16.1. The summed E-state index contributed by atoms with van der Waals surface area (Å²) < 4.78 is 5.70. The molecule has 0 aromatic heterocycles. The number of halogens is 1. The largest absolute Gasteiger partial charge is 0.492 e. The number of ether oxygens (including phenoxy) is 1. The highest BCUT2D eigenvalue weighted by molar-refractivity contribution is 8.00. The van der Waals surface area contributed by atoms with Gasteiger partial charge in [-0.2, -0.15) is 0 Å². The first-order chi connectivity index (χ1) is 22.9. The molecule has 0 saturated carbocycles. The molecule has 9 heteroatoms. The fraction of sp³-hybridized carbons (Fsp3) is 0.0789. The molecule has 0 heterocycles. The van der Waals surface area contributed by atoms with Crippen molar-refractivity contribution in [2.24, 2.45) is 0 Å². The molecule has 0 bridgehead atoms. The quantitative estimate of drug-likeness (QED) is 0.0919. The Labute approximate surface area is 283 Å². The molecule has 236 valence electrons. The summed E-state index contributed by atoms with van der Waals surface area (Å²) in [5, 5.41) is 8.62. The van der Waals surface area contributed by atoms with Crippen LogP contribution in [0.5, 0.6) is 5.75 Å². The molecule has 0 aliphatic heterocycles. The number of hydrogen-bond acceptors (Lipinski definition) is 5. The van der Waals surface area contributed by atoms with E-state index in [4.69, 9.17) is 16.3 Å². The van der Waals surface area contributed by atoms with Gasteiger partial charge in [0.1, 0.15) is 16.7 Å². The number of anilines is 2. The minimum absolute atomic E-state index is 0.0628. The molecular formula is C38H32ClN3O4S. The van der Waals surface area contributed by atoms with Crippen molar-refractivity contribution in [3.8, 4) is 5.75 Å². The van der Waals surface area contributed by atoms with Crippen LogP contribution in [0.15, 0.2) is 144 Å². The third kappa shape index (κ3) is 9.36. The maximum atomic E-state index is 13.6. The Bertz CT molecular complexity index is 1850. The number of nitrogens with one attached hydrogen (secondary N) is 3. The lowest BCUT2D eigenvalue weighted by Gasteiger charge is -2.19. The number of amides is 3. The first-order valence-electron chi connectivity index (χ1n) is 14.9. The summed E-state index contributed by atoms with van der Waals surface area (Å²) in [6.45, 7) is 2.37. The smallest absolute Gasteiger partial charge is 0.272 e. The van der Waals surface area contributed by atoms with Gasteiger partial charge >= 0.3 is 0 Å². The van der Waals surface area contributed by atoms with Gasteiger partial charge in [0.25, 0.3) is 11.8 Å². The maximum Gasteiger partial charge on any atom is 0.272 e. The highest BCUT2D eigenvalue weighted by Gasteiger charge is 2.23. The fourth-order valence-electron chi connectivity index (χ4n) is 4.57. The number of para-hydroxylation sites is 2. The molecule has 7 nitrogen and oxygen atoms in total. The van der Waals surface area contributed by atoms with E-state index in [1.165, 1.54) is 11.8 Å². The van der Waals surface area contributed by atoms with Gasteiger partial charge in [-0.25, -0.2) is 0 Å². The van der Waals surface area contributed by atoms with Crippen LogP contribution in [0.1, 0.15) is 33.7 Å². The summed E-state index contributed by atoms with van der Waals surface area (Å²) in [5.41, 5.74) is 3.12. The predicted molar refractivity (Wildman–Crippen MR) is 190 cm³/mol. The van der Waals surface area contributed by atoms with Crippen molar-refractivity contribution >= 4 is 58.5 Å². The third-order valence-corrected chi connectivity index (χ3v) is 8.38. The molecule has 3 amide bonds. The van der Waals surface area contributed by atoms with E-state index < -0.39 is 17.1 Å². The van der Waals surface area contributed by atoms with Crippen molar-refractivity contribution in [3.63, 3.8) is 0 Å². The number of carbonyl (C=O) groups is 3. The Morgan fingerprint density at radius 3 is 2.09 bits per heavy atom. The molecular weight excluding hydrogens is 630 g/mol. The second-order valence-corrected chi connectivity index (χ2v) is 11.9. The summed E-state index contributed by atoms with van der Waals surface area (Å²) in [6, 6.07) is 39.6. The van der Waals surface area contributed by atoms with Crippen LogP contribution >= 0.6 is 23.4 Å². The van der Waals surface area contributed by atoms with Crippen LogP contribution in [0.2, 0.25) is 5.02 Å². The Morgan fingerprint density at radius 2 is 1.40 bits per heavy atom. The first kappa shape index (κ1) is 33.1. The van der Waals surface area contributed by atoms with E-state index in [1.54, 1.807) is 66.7 Å². The van der Waals surface area contributed by atoms with Crippen LogP contribution < -0.4 is 20.7 Å². The Morgan fingerprint density at radius 1 is 0.766 bits per heavy atom. The lowest BCUT2D eigenvalue weighted by Crippen LogP contribution is -2.30. The normalized spacial score (nSPS) is 11.7. The molecule has 5 rings (SSSR count). The van der Waals surface area contributed by atoms with E-state index >= 15 is 0 Å². The van der Waals surface area contributed by atoms with Gasteiger partial charge in [0.2, 0.25) is 5.91 Å². The Kier molecular flexibility index (Phi) is 11.5. The minimum Gasteiger partial charge on any atom is -0.492 e. The van der Waals surface area contributed by atoms with E-state index in [1.807, 2.05) is 79.7 Å². The van der Waals surface area contributed by atoms with E-state index in [0.717, 1.165) is 10.5 Å². The fourth-order valence-corrected chi connectivity index (χ4v) is 5.72. The Balaban J connectivity index is 1.33. The monoisotopic (exact) mass is 661 g/mol. The zero-order chi connectivity index (χ0) is 33.0. The van der Waals surface area contributed by atoms with Gasteiger partial charge in [-0.3, -0.25) is 14.4 Å². The van der Waals surface area contributed by atoms with E-state index in [2.05, 4.69) is 16.0 Å². The predicted octanol–water partition coefficient (Wildman–Crippen LogP) is 8.62. The lowest BCUT2D eigenvalue weighted by atomic mass is 10.1. The SMILES string of the molecule is CCOc1ccccc1NC(=O)C(Sc1ccc(NC(=O)/C(=C/c2ccc(Cl)cc2)NC(=O)c2ccccc2)cc1)c1ccccc1. The maximum absolute atomic E-state index is 13.6. The number of carbonyl (C=O) groups excluding carboxylic acids is 3. The number of hydrogen-bond donors (Lipinski definition) is 3. The van der Waals surface area contributed by atoms with Crippen molar-refractivity contribution in [1.82, 2.24) is 5.32 Å². The second-order valence-electron chi connectivity index (χ2n) is 10.2. The van der Waals surface area contributed by atoms with E-state index in [0.29, 0.717) is 39.9 Å². The molecule has 1 atom stereocenters. The molecule has 3 N–H and O–H groups in total. The summed E-state index contributed by atoms with van der Waals surface area (Å²) in [5.74, 6) is -0.512. The molecule has 47 heavy (non-hydrogen) atoms. The van der Waals surface area contributed by atoms with Crippen LogP contribution in [0.4, 0.5) is 11.4 Å². The van der Waals surface area contributed by atoms with E-state index in [9.17, 15) is 14.4 Å². The van der Waals surface area contributed by atoms with Crippen molar-refractivity contribution in [1.29, 1.82) is 0 Å². The summed E-state index contributed by atoms with van der Waals surface area (Å²) in [7, 11) is 0. The van der Waals surface area contributed by atoms with Gasteiger partial charge in [-0.05, 0) is 84.8 Å². The third-order valence-electron chi connectivity index (χ3n) is 6.86. The van der Waals surface area contributed by atoms with Crippen molar-refractivity contribution in [2.45, 2.75) is 17.1 Å². The molecule has 1 unspecified atom stereocenters. The number of thioether (sulfide) groups is 1. The van der Waals surface area contributed by atoms with Crippen molar-refractivity contribution in [3.05, 3.63) is 161 Å². The lowest BCUT2D eigenvalue weighted by molar-refractivity contribution is -0.116. The zero-order valence-electron chi connectivity index (χ0n) is 25.5. The van der Waals surface area contributed by atoms with Gasteiger partial charge in [0.15, 0.2) is 0 Å². The van der Waals surface area contributed by atoms with Gasteiger partial charge in [-0.1, -0.05) is 84.4 Å². The molecule has 0 aliphatic carbocycles. The second kappa shape index (κ2) is 16.3. The standard InChI is InChI=1S/C38H32ClN3O4S/c1-2-46-34-16-10-9-15-32(34)41-38(45)35(27-11-5-3-6-12-27)47-31-23-21-30(22-24-31)40-37(44)33(25-26-17-19-29(39)20-18-26)42-36(43)28-13-7-4-8-14-28/h3-25,35H,2H2,1H3,(H,40,44)(H,41,45)(H,42,43)/b33-25-.